The van der Waals surface area contributed by atoms with Crippen LogP contribution in [0.5, 0.6) is 11.5 Å². The Hall–Kier alpha value is -3.96. The number of nitrogen functional groups attached to an aromatic ring is 1. The third-order valence-corrected chi connectivity index (χ3v) is 3.88. The Labute approximate surface area is 159 Å². The van der Waals surface area contributed by atoms with Gasteiger partial charge in [0.05, 0.1) is 25.6 Å². The van der Waals surface area contributed by atoms with Crippen LogP contribution in [0.4, 0.5) is 5.82 Å². The van der Waals surface area contributed by atoms with Crippen LogP contribution < -0.4 is 20.6 Å². The largest absolute Gasteiger partial charge is 0.493 e. The topological polar surface area (TPSA) is 156 Å². The lowest BCUT2D eigenvalue weighted by Gasteiger charge is -2.09. The zero-order valence-corrected chi connectivity index (χ0v) is 15.6. The summed E-state index contributed by atoms with van der Waals surface area (Å²) in [4.78, 5) is 12.6. The number of hydrogen-bond donors (Lipinski definition) is 2. The molecule has 28 heavy (non-hydrogen) atoms. The molecule has 0 aliphatic heterocycles. The summed E-state index contributed by atoms with van der Waals surface area (Å²) in [5, 5.41) is 18.9. The number of rotatable bonds is 6. The van der Waals surface area contributed by atoms with Crippen molar-refractivity contribution in [2.45, 2.75) is 13.8 Å². The molecule has 3 rings (SSSR count). The average Bonchev–Trinajstić information content (AvgIpc) is 3.30. The smallest absolute Gasteiger partial charge is 0.292 e. The number of anilines is 1. The van der Waals surface area contributed by atoms with Crippen molar-refractivity contribution >= 4 is 17.4 Å². The van der Waals surface area contributed by atoms with Crippen LogP contribution in [-0.4, -0.2) is 51.1 Å². The third kappa shape index (κ3) is 3.47. The van der Waals surface area contributed by atoms with Gasteiger partial charge in [-0.05, 0) is 42.4 Å². The minimum Gasteiger partial charge on any atom is -0.493 e. The van der Waals surface area contributed by atoms with Gasteiger partial charge in [-0.1, -0.05) is 5.21 Å². The molecule has 0 saturated heterocycles. The molecule has 0 saturated carbocycles. The summed E-state index contributed by atoms with van der Waals surface area (Å²) < 4.78 is 16.2. The van der Waals surface area contributed by atoms with E-state index in [9.17, 15) is 4.79 Å². The molecule has 0 aliphatic carbocycles. The van der Waals surface area contributed by atoms with Crippen LogP contribution in [0.25, 0.3) is 5.82 Å². The molecule has 0 fully saturated rings. The molecule has 0 spiro atoms. The Morgan fingerprint density at radius 3 is 2.64 bits per heavy atom. The van der Waals surface area contributed by atoms with Crippen molar-refractivity contribution in [3.63, 3.8) is 0 Å². The molecule has 2 aromatic heterocycles. The number of carbonyl (C=O) groups excluding carboxylic acids is 1. The number of ether oxygens (including phenoxy) is 2. The number of benzene rings is 1. The lowest BCUT2D eigenvalue weighted by molar-refractivity contribution is 0.0946. The minimum atomic E-state index is -0.551. The summed E-state index contributed by atoms with van der Waals surface area (Å²) in [6.07, 6.45) is 0. The second kappa shape index (κ2) is 7.73. The minimum absolute atomic E-state index is 0.0241. The molecule has 1 amide bonds. The summed E-state index contributed by atoms with van der Waals surface area (Å²) >= 11 is 0. The summed E-state index contributed by atoms with van der Waals surface area (Å²) in [6.45, 7) is 3.36. The Bertz CT molecular complexity index is 1040. The summed E-state index contributed by atoms with van der Waals surface area (Å²) in [5.74, 6) is 0.625. The van der Waals surface area contributed by atoms with Crippen LogP contribution in [-0.2, 0) is 0 Å². The highest BCUT2D eigenvalue weighted by Gasteiger charge is 2.23. The number of carbonyl (C=O) groups is 1. The molecule has 0 aliphatic rings. The third-order valence-electron chi connectivity index (χ3n) is 3.88. The fourth-order valence-electron chi connectivity index (χ4n) is 2.42. The Balaban J connectivity index is 1.85. The van der Waals surface area contributed by atoms with Crippen LogP contribution in [0, 0.1) is 6.92 Å². The molecule has 146 valence electrons. The van der Waals surface area contributed by atoms with Gasteiger partial charge in [-0.25, -0.2) is 10.1 Å². The maximum atomic E-state index is 12.6. The highest BCUT2D eigenvalue weighted by Crippen LogP contribution is 2.27. The number of aryl methyl sites for hydroxylation is 1. The molecule has 3 aromatic rings. The first-order valence-corrected chi connectivity index (χ1v) is 8.04. The first-order valence-electron chi connectivity index (χ1n) is 8.04. The SMILES string of the molecule is COc1ccc(/C(C)=N/NC(=O)c2c(C)nnn2-c2nonc2N)cc1OC. The van der Waals surface area contributed by atoms with Crippen molar-refractivity contribution in [3.8, 4) is 17.3 Å². The van der Waals surface area contributed by atoms with Crippen molar-refractivity contribution in [1.29, 1.82) is 0 Å². The van der Waals surface area contributed by atoms with Crippen LogP contribution in [0.15, 0.2) is 27.9 Å². The quantitative estimate of drug-likeness (QED) is 0.460. The van der Waals surface area contributed by atoms with E-state index >= 15 is 0 Å². The fourth-order valence-corrected chi connectivity index (χ4v) is 2.42. The second-order valence-electron chi connectivity index (χ2n) is 5.62. The highest BCUT2D eigenvalue weighted by atomic mass is 16.6. The van der Waals surface area contributed by atoms with Gasteiger partial charge < -0.3 is 15.2 Å². The molecular formula is C16H18N8O4. The standard InChI is InChI=1S/C16H18N8O4/c1-8(10-5-6-11(26-3)12(7-10)27-4)18-20-16(25)13-9(2)19-23-24(13)15-14(17)21-28-22-15/h5-7H,1-4H3,(H2,17,21)(H,20,25)/b18-8+. The van der Waals surface area contributed by atoms with E-state index in [4.69, 9.17) is 15.2 Å². The molecule has 0 unspecified atom stereocenters. The number of aromatic nitrogens is 5. The van der Waals surface area contributed by atoms with E-state index in [1.54, 1.807) is 39.2 Å². The molecule has 2 heterocycles. The van der Waals surface area contributed by atoms with Crippen molar-refractivity contribution < 1.29 is 18.9 Å². The number of amides is 1. The molecule has 0 atom stereocenters. The molecule has 3 N–H and O–H groups in total. The first-order chi connectivity index (χ1) is 13.5. The van der Waals surface area contributed by atoms with Gasteiger partial charge in [0.25, 0.3) is 5.91 Å². The van der Waals surface area contributed by atoms with Crippen LogP contribution in [0.3, 0.4) is 0 Å². The van der Waals surface area contributed by atoms with Gasteiger partial charge in [0.15, 0.2) is 17.2 Å². The predicted octanol–water partition coefficient (Wildman–Crippen LogP) is 0.712. The molecule has 1 aromatic carbocycles. The lowest BCUT2D eigenvalue weighted by Crippen LogP contribution is -2.24. The number of hydrogen-bond acceptors (Lipinski definition) is 10. The van der Waals surface area contributed by atoms with Crippen LogP contribution in [0.1, 0.15) is 28.7 Å². The number of hydrazone groups is 1. The van der Waals surface area contributed by atoms with Crippen molar-refractivity contribution in [2.75, 3.05) is 20.0 Å². The van der Waals surface area contributed by atoms with Crippen molar-refractivity contribution in [2.24, 2.45) is 5.10 Å². The summed E-state index contributed by atoms with van der Waals surface area (Å²) in [5.41, 5.74) is 9.89. The maximum Gasteiger partial charge on any atom is 0.292 e. The van der Waals surface area contributed by atoms with Gasteiger partial charge >= 0.3 is 0 Å². The lowest BCUT2D eigenvalue weighted by atomic mass is 10.1. The van der Waals surface area contributed by atoms with Crippen molar-refractivity contribution in [3.05, 3.63) is 35.2 Å². The zero-order chi connectivity index (χ0) is 20.3. The maximum absolute atomic E-state index is 12.6. The average molecular weight is 386 g/mol. The number of nitrogens with two attached hydrogens (primary N) is 1. The monoisotopic (exact) mass is 386 g/mol. The van der Waals surface area contributed by atoms with E-state index in [-0.39, 0.29) is 17.3 Å². The Morgan fingerprint density at radius 2 is 2.00 bits per heavy atom. The second-order valence-corrected chi connectivity index (χ2v) is 5.62. The van der Waals surface area contributed by atoms with Gasteiger partial charge in [-0.15, -0.1) is 5.10 Å². The molecule has 12 heteroatoms. The van der Waals surface area contributed by atoms with Crippen molar-refractivity contribution in [1.82, 2.24) is 30.7 Å². The van der Waals surface area contributed by atoms with Gasteiger partial charge in [0.2, 0.25) is 11.6 Å². The number of methoxy groups -OCH3 is 2. The van der Waals surface area contributed by atoms with E-state index < -0.39 is 5.91 Å². The van der Waals surface area contributed by atoms with Crippen LogP contribution in [0.2, 0.25) is 0 Å². The molecule has 12 nitrogen and oxygen atoms in total. The zero-order valence-electron chi connectivity index (χ0n) is 15.6. The predicted molar refractivity (Wildman–Crippen MR) is 97.6 cm³/mol. The molecular weight excluding hydrogens is 368 g/mol. The van der Waals surface area contributed by atoms with Gasteiger partial charge in [0.1, 0.15) is 0 Å². The number of nitrogens with one attached hydrogen (secondary N) is 1. The summed E-state index contributed by atoms with van der Waals surface area (Å²) in [6, 6.07) is 5.30. The first kappa shape index (κ1) is 18.8. The van der Waals surface area contributed by atoms with E-state index in [1.807, 2.05) is 0 Å². The van der Waals surface area contributed by atoms with E-state index in [0.29, 0.717) is 22.9 Å². The summed E-state index contributed by atoms with van der Waals surface area (Å²) in [7, 11) is 3.09. The Morgan fingerprint density at radius 1 is 1.25 bits per heavy atom. The van der Waals surface area contributed by atoms with E-state index in [2.05, 4.69) is 35.8 Å². The number of nitrogens with zero attached hydrogens (tertiary/aromatic N) is 6. The van der Waals surface area contributed by atoms with Gasteiger partial charge in [-0.2, -0.15) is 9.78 Å². The highest BCUT2D eigenvalue weighted by molar-refractivity contribution is 6.01. The Kier molecular flexibility index (Phi) is 5.20. The normalized spacial score (nSPS) is 11.4. The molecule has 0 bridgehead atoms. The van der Waals surface area contributed by atoms with Gasteiger partial charge in [-0.3, -0.25) is 4.79 Å². The van der Waals surface area contributed by atoms with Crippen LogP contribution >= 0.6 is 0 Å². The molecule has 0 radical (unpaired) electrons. The van der Waals surface area contributed by atoms with E-state index in [1.165, 1.54) is 7.11 Å². The van der Waals surface area contributed by atoms with Gasteiger partial charge in [0, 0.05) is 5.56 Å². The van der Waals surface area contributed by atoms with E-state index in [0.717, 1.165) is 10.2 Å². The fraction of sp³-hybridized carbons (Fsp3) is 0.250.